The highest BCUT2D eigenvalue weighted by molar-refractivity contribution is 8.01. The number of hydrogen-bond donors (Lipinski definition) is 1. The lowest BCUT2D eigenvalue weighted by Gasteiger charge is -2.17. The molecule has 0 heterocycles. The predicted molar refractivity (Wildman–Crippen MR) is 54.5 cm³/mol. The SMILES string of the molecule is B[C@@H](CO)SC(COC)COC. The number of hydrogen-bond acceptors (Lipinski definition) is 4. The number of rotatable bonds is 7. The third kappa shape index (κ3) is 5.88. The Balaban J connectivity index is 3.61. The maximum absolute atomic E-state index is 8.82. The van der Waals surface area contributed by atoms with E-state index in [1.165, 1.54) is 0 Å². The van der Waals surface area contributed by atoms with Crippen LogP contribution in [0.15, 0.2) is 0 Å². The summed E-state index contributed by atoms with van der Waals surface area (Å²) in [6.07, 6.45) is 0. The maximum Gasteiger partial charge on any atom is 0.121 e. The first kappa shape index (κ1) is 12.3. The van der Waals surface area contributed by atoms with Crippen LogP contribution in [0.2, 0.25) is 0 Å². The third-order valence-corrected chi connectivity index (χ3v) is 2.66. The van der Waals surface area contributed by atoms with Gasteiger partial charge < -0.3 is 14.6 Å². The second-order valence-corrected chi connectivity index (χ2v) is 4.41. The van der Waals surface area contributed by atoms with E-state index in [1.54, 1.807) is 26.0 Å². The van der Waals surface area contributed by atoms with Gasteiger partial charge in [-0.1, -0.05) is 0 Å². The number of aliphatic hydroxyl groups is 1. The second kappa shape index (κ2) is 7.92. The zero-order chi connectivity index (χ0) is 9.40. The summed E-state index contributed by atoms with van der Waals surface area (Å²) in [5.41, 5.74) is 0. The van der Waals surface area contributed by atoms with E-state index in [0.717, 1.165) is 0 Å². The normalized spacial score (nSPS) is 13.7. The first-order valence-corrected chi connectivity index (χ1v) is 4.93. The number of thioether (sulfide) groups is 1. The highest BCUT2D eigenvalue weighted by Gasteiger charge is 2.12. The van der Waals surface area contributed by atoms with Gasteiger partial charge in [0, 0.05) is 20.8 Å². The molecule has 0 aromatic rings. The van der Waals surface area contributed by atoms with Gasteiger partial charge in [0.2, 0.25) is 0 Å². The predicted octanol–water partition coefficient (Wildman–Crippen LogP) is -0.667. The van der Waals surface area contributed by atoms with Crippen LogP contribution in [-0.2, 0) is 9.47 Å². The molecule has 0 aromatic carbocycles. The minimum Gasteiger partial charge on any atom is -0.396 e. The van der Waals surface area contributed by atoms with Crippen molar-refractivity contribution in [3.8, 4) is 0 Å². The van der Waals surface area contributed by atoms with E-state index in [2.05, 4.69) is 0 Å². The van der Waals surface area contributed by atoms with Crippen LogP contribution in [0.4, 0.5) is 0 Å². The van der Waals surface area contributed by atoms with Gasteiger partial charge in [-0.05, 0) is 5.15 Å². The van der Waals surface area contributed by atoms with Crippen molar-refractivity contribution < 1.29 is 14.6 Å². The molecule has 0 rings (SSSR count). The molecule has 0 saturated carbocycles. The minimum absolute atomic E-state index is 0.203. The molecule has 0 aliphatic heterocycles. The molecule has 0 aliphatic carbocycles. The smallest absolute Gasteiger partial charge is 0.121 e. The molecule has 1 N–H and O–H groups in total. The number of ether oxygens (including phenoxy) is 2. The van der Waals surface area contributed by atoms with Gasteiger partial charge in [-0.2, -0.15) is 11.8 Å². The van der Waals surface area contributed by atoms with Crippen LogP contribution >= 0.6 is 11.8 Å². The fourth-order valence-corrected chi connectivity index (χ4v) is 2.04. The van der Waals surface area contributed by atoms with Crippen molar-refractivity contribution in [2.24, 2.45) is 0 Å². The Morgan fingerprint density at radius 2 is 1.83 bits per heavy atom. The number of aliphatic hydroxyl groups excluding tert-OH is 1. The Hall–Kier alpha value is 0.295. The van der Waals surface area contributed by atoms with Crippen molar-refractivity contribution in [2.45, 2.75) is 10.4 Å². The standard InChI is InChI=1S/C7H17BO3S/c1-10-4-6(5-11-2)12-7(8)3-9/h6-7,9H,3-5,8H2,1-2H3/t7-/m1/s1. The summed E-state index contributed by atoms with van der Waals surface area (Å²) < 4.78 is 10.0. The summed E-state index contributed by atoms with van der Waals surface area (Å²) in [6, 6.07) is 0. The Morgan fingerprint density at radius 3 is 2.17 bits per heavy atom. The summed E-state index contributed by atoms with van der Waals surface area (Å²) in [6.45, 7) is 1.54. The summed E-state index contributed by atoms with van der Waals surface area (Å²) in [7, 11) is 5.34. The lowest BCUT2D eigenvalue weighted by atomic mass is 10.1. The van der Waals surface area contributed by atoms with Crippen LogP contribution in [0.5, 0.6) is 0 Å². The summed E-state index contributed by atoms with van der Waals surface area (Å²) in [5.74, 6) is 0. The van der Waals surface area contributed by atoms with Crippen molar-refractivity contribution in [3.63, 3.8) is 0 Å². The van der Waals surface area contributed by atoms with Crippen molar-refractivity contribution in [1.29, 1.82) is 0 Å². The summed E-state index contributed by atoms with van der Waals surface area (Å²) in [4.78, 5) is 0. The highest BCUT2D eigenvalue weighted by atomic mass is 32.2. The quantitative estimate of drug-likeness (QED) is 0.543. The monoisotopic (exact) mass is 192 g/mol. The van der Waals surface area contributed by atoms with Crippen molar-refractivity contribution in [2.75, 3.05) is 34.0 Å². The second-order valence-electron chi connectivity index (χ2n) is 2.66. The van der Waals surface area contributed by atoms with Gasteiger partial charge in [0.15, 0.2) is 0 Å². The van der Waals surface area contributed by atoms with Crippen LogP contribution in [0.1, 0.15) is 0 Å². The molecule has 72 valence electrons. The molecule has 0 unspecified atom stereocenters. The first-order chi connectivity index (χ1) is 5.74. The zero-order valence-corrected chi connectivity index (χ0v) is 8.76. The highest BCUT2D eigenvalue weighted by Crippen LogP contribution is 2.15. The lowest BCUT2D eigenvalue weighted by Crippen LogP contribution is -2.22. The fourth-order valence-electron chi connectivity index (χ4n) is 0.870. The molecule has 0 bridgehead atoms. The van der Waals surface area contributed by atoms with E-state index in [4.69, 9.17) is 14.6 Å². The lowest BCUT2D eigenvalue weighted by molar-refractivity contribution is 0.144. The topological polar surface area (TPSA) is 38.7 Å². The minimum atomic E-state index is 0.203. The molecule has 12 heavy (non-hydrogen) atoms. The van der Waals surface area contributed by atoms with Crippen molar-refractivity contribution >= 4 is 19.6 Å². The van der Waals surface area contributed by atoms with Gasteiger partial charge in [-0.25, -0.2) is 0 Å². The Kier molecular flexibility index (Phi) is 8.11. The van der Waals surface area contributed by atoms with Gasteiger partial charge in [0.1, 0.15) is 7.85 Å². The van der Waals surface area contributed by atoms with E-state index in [1.807, 2.05) is 7.85 Å². The van der Waals surface area contributed by atoms with Crippen LogP contribution in [0, 0.1) is 0 Å². The summed E-state index contributed by atoms with van der Waals surface area (Å²) in [5, 5.41) is 9.39. The van der Waals surface area contributed by atoms with E-state index < -0.39 is 0 Å². The van der Waals surface area contributed by atoms with Crippen LogP contribution in [-0.4, -0.2) is 57.4 Å². The molecule has 0 aromatic heterocycles. The van der Waals surface area contributed by atoms with Crippen LogP contribution in [0.3, 0.4) is 0 Å². The molecule has 0 spiro atoms. The third-order valence-electron chi connectivity index (χ3n) is 1.39. The molecule has 0 radical (unpaired) electrons. The molecule has 0 amide bonds. The van der Waals surface area contributed by atoms with E-state index in [0.29, 0.717) is 18.5 Å². The van der Waals surface area contributed by atoms with Gasteiger partial charge >= 0.3 is 0 Å². The molecule has 0 saturated heterocycles. The van der Waals surface area contributed by atoms with Gasteiger partial charge in [0.05, 0.1) is 18.5 Å². The van der Waals surface area contributed by atoms with Crippen LogP contribution in [0.25, 0.3) is 0 Å². The van der Waals surface area contributed by atoms with Gasteiger partial charge in [0.25, 0.3) is 0 Å². The first-order valence-electron chi connectivity index (χ1n) is 3.98. The average molecular weight is 192 g/mol. The molecular formula is C7H17BO3S. The molecular weight excluding hydrogens is 175 g/mol. The van der Waals surface area contributed by atoms with Crippen molar-refractivity contribution in [1.82, 2.24) is 0 Å². The maximum atomic E-state index is 8.82. The van der Waals surface area contributed by atoms with Crippen LogP contribution < -0.4 is 0 Å². The zero-order valence-electron chi connectivity index (χ0n) is 7.95. The largest absolute Gasteiger partial charge is 0.396 e. The number of methoxy groups -OCH3 is 2. The van der Waals surface area contributed by atoms with Gasteiger partial charge in [-0.15, -0.1) is 0 Å². The Morgan fingerprint density at radius 1 is 1.33 bits per heavy atom. The molecule has 0 fully saturated rings. The molecule has 1 atom stereocenters. The Labute approximate surface area is 79.2 Å². The van der Waals surface area contributed by atoms with E-state index in [9.17, 15) is 0 Å². The molecule has 5 heteroatoms. The van der Waals surface area contributed by atoms with E-state index in [-0.39, 0.29) is 11.8 Å². The summed E-state index contributed by atoms with van der Waals surface area (Å²) >= 11 is 1.69. The van der Waals surface area contributed by atoms with E-state index >= 15 is 0 Å². The fraction of sp³-hybridized carbons (Fsp3) is 1.00. The Bertz CT molecular complexity index is 98.7. The van der Waals surface area contributed by atoms with Crippen molar-refractivity contribution in [3.05, 3.63) is 0 Å². The molecule has 3 nitrogen and oxygen atoms in total. The van der Waals surface area contributed by atoms with Gasteiger partial charge in [-0.3, -0.25) is 0 Å². The average Bonchev–Trinajstić information content (AvgIpc) is 2.05. The molecule has 0 aliphatic rings.